The van der Waals surface area contributed by atoms with Crippen LogP contribution in [-0.4, -0.2) is 45.7 Å². The van der Waals surface area contributed by atoms with Crippen molar-refractivity contribution in [2.75, 3.05) is 44.7 Å². The van der Waals surface area contributed by atoms with Crippen LogP contribution in [0.25, 0.3) is 0 Å². The van der Waals surface area contributed by atoms with Gasteiger partial charge >= 0.3 is 0 Å². The van der Waals surface area contributed by atoms with Crippen LogP contribution in [0, 0.1) is 11.8 Å². The van der Waals surface area contributed by atoms with Crippen LogP contribution in [0.15, 0.2) is 24.3 Å². The minimum absolute atomic E-state index is 0. The summed E-state index contributed by atoms with van der Waals surface area (Å²) >= 11 is 0. The van der Waals surface area contributed by atoms with E-state index in [1.54, 1.807) is 7.11 Å². The van der Waals surface area contributed by atoms with Gasteiger partial charge in [-0.25, -0.2) is 0 Å². The van der Waals surface area contributed by atoms with E-state index in [1.807, 2.05) is 18.2 Å². The number of hydrogen-bond donors (Lipinski definition) is 2. The third-order valence-corrected chi connectivity index (χ3v) is 5.24. The summed E-state index contributed by atoms with van der Waals surface area (Å²) in [5.41, 5.74) is 1.16. The third kappa shape index (κ3) is 6.22. The molecule has 2 unspecified atom stereocenters. The van der Waals surface area contributed by atoms with E-state index in [0.717, 1.165) is 57.0 Å². The molecule has 2 heterocycles. The molecular formula is C19H31Cl2N3O2. The van der Waals surface area contributed by atoms with E-state index in [2.05, 4.69) is 21.6 Å². The van der Waals surface area contributed by atoms with E-state index in [9.17, 15) is 4.79 Å². The van der Waals surface area contributed by atoms with Gasteiger partial charge < -0.3 is 20.3 Å². The summed E-state index contributed by atoms with van der Waals surface area (Å²) < 4.78 is 5.46. The number of nitrogens with one attached hydrogen (secondary N) is 2. The standard InChI is InChI=1S/C19H29N3O2.2ClH/c1-24-18-5-3-2-4-17(18)22-11-9-16(14-22)13-21-19(23)7-6-15-8-10-20-12-15;;/h2-5,15-16,20H,6-14H2,1H3,(H,21,23);2*1H. The van der Waals surface area contributed by atoms with Gasteiger partial charge in [-0.15, -0.1) is 24.8 Å². The molecule has 1 aromatic carbocycles. The number of para-hydroxylation sites is 2. The Morgan fingerprint density at radius 1 is 1.27 bits per heavy atom. The Labute approximate surface area is 169 Å². The normalized spacial score (nSPS) is 21.7. The number of methoxy groups -OCH3 is 1. The molecule has 1 amide bonds. The zero-order valence-electron chi connectivity index (χ0n) is 15.4. The highest BCUT2D eigenvalue weighted by Crippen LogP contribution is 2.31. The molecule has 2 saturated heterocycles. The predicted molar refractivity (Wildman–Crippen MR) is 111 cm³/mol. The van der Waals surface area contributed by atoms with Gasteiger partial charge in [0.2, 0.25) is 5.91 Å². The van der Waals surface area contributed by atoms with Gasteiger partial charge in [-0.2, -0.15) is 0 Å². The second-order valence-electron chi connectivity index (χ2n) is 6.97. The number of hydrogen-bond acceptors (Lipinski definition) is 4. The van der Waals surface area contributed by atoms with Gasteiger partial charge in [-0.3, -0.25) is 4.79 Å². The van der Waals surface area contributed by atoms with Crippen LogP contribution in [0.4, 0.5) is 5.69 Å². The molecular weight excluding hydrogens is 373 g/mol. The molecule has 2 aliphatic rings. The lowest BCUT2D eigenvalue weighted by Gasteiger charge is -2.21. The fourth-order valence-electron chi connectivity index (χ4n) is 3.75. The maximum atomic E-state index is 12.0. The van der Waals surface area contributed by atoms with Crippen LogP contribution in [-0.2, 0) is 4.79 Å². The number of amides is 1. The fourth-order valence-corrected chi connectivity index (χ4v) is 3.75. The number of anilines is 1. The molecule has 0 aliphatic carbocycles. The molecule has 26 heavy (non-hydrogen) atoms. The first kappa shape index (κ1) is 22.9. The number of benzene rings is 1. The Morgan fingerprint density at radius 2 is 2.08 bits per heavy atom. The molecule has 7 heteroatoms. The molecule has 0 aromatic heterocycles. The molecule has 0 spiro atoms. The van der Waals surface area contributed by atoms with E-state index >= 15 is 0 Å². The van der Waals surface area contributed by atoms with Crippen LogP contribution < -0.4 is 20.3 Å². The average Bonchev–Trinajstić information content (AvgIpc) is 3.29. The van der Waals surface area contributed by atoms with E-state index < -0.39 is 0 Å². The van der Waals surface area contributed by atoms with Crippen molar-refractivity contribution in [1.82, 2.24) is 10.6 Å². The highest BCUT2D eigenvalue weighted by molar-refractivity contribution is 5.85. The van der Waals surface area contributed by atoms with Crippen molar-refractivity contribution < 1.29 is 9.53 Å². The molecule has 5 nitrogen and oxygen atoms in total. The van der Waals surface area contributed by atoms with Gasteiger partial charge in [0.1, 0.15) is 5.75 Å². The Hall–Kier alpha value is -1.17. The monoisotopic (exact) mass is 403 g/mol. The predicted octanol–water partition coefficient (Wildman–Crippen LogP) is 2.87. The van der Waals surface area contributed by atoms with Crippen LogP contribution >= 0.6 is 24.8 Å². The zero-order valence-corrected chi connectivity index (χ0v) is 17.0. The van der Waals surface area contributed by atoms with E-state index in [1.165, 1.54) is 6.42 Å². The average molecular weight is 404 g/mol. The topological polar surface area (TPSA) is 53.6 Å². The largest absolute Gasteiger partial charge is 0.495 e. The quantitative estimate of drug-likeness (QED) is 0.734. The molecule has 2 aliphatic heterocycles. The first-order chi connectivity index (χ1) is 11.8. The van der Waals surface area contributed by atoms with Crippen molar-refractivity contribution in [3.05, 3.63) is 24.3 Å². The summed E-state index contributed by atoms with van der Waals surface area (Å²) in [6.07, 6.45) is 4.00. The van der Waals surface area contributed by atoms with Crippen molar-refractivity contribution in [3.63, 3.8) is 0 Å². The number of ether oxygens (including phenoxy) is 1. The van der Waals surface area contributed by atoms with Crippen LogP contribution in [0.3, 0.4) is 0 Å². The van der Waals surface area contributed by atoms with Gasteiger partial charge in [-0.05, 0) is 56.3 Å². The number of carbonyl (C=O) groups is 1. The van der Waals surface area contributed by atoms with Crippen LogP contribution in [0.5, 0.6) is 5.75 Å². The lowest BCUT2D eigenvalue weighted by atomic mass is 10.0. The molecule has 3 rings (SSSR count). The van der Waals surface area contributed by atoms with Crippen molar-refractivity contribution in [3.8, 4) is 5.75 Å². The number of rotatable bonds is 7. The second-order valence-corrected chi connectivity index (χ2v) is 6.97. The van der Waals surface area contributed by atoms with Crippen molar-refractivity contribution in [2.24, 2.45) is 11.8 Å². The smallest absolute Gasteiger partial charge is 0.220 e. The summed E-state index contributed by atoms with van der Waals surface area (Å²) in [4.78, 5) is 14.4. The van der Waals surface area contributed by atoms with Crippen molar-refractivity contribution in [1.29, 1.82) is 0 Å². The number of carbonyl (C=O) groups excluding carboxylic acids is 1. The van der Waals surface area contributed by atoms with Gasteiger partial charge in [-0.1, -0.05) is 12.1 Å². The molecule has 2 atom stereocenters. The molecule has 148 valence electrons. The summed E-state index contributed by atoms with van der Waals surface area (Å²) in [6.45, 7) is 4.96. The number of nitrogens with zero attached hydrogens (tertiary/aromatic N) is 1. The Kier molecular flexibility index (Phi) is 10.1. The highest BCUT2D eigenvalue weighted by atomic mass is 35.5. The lowest BCUT2D eigenvalue weighted by molar-refractivity contribution is -0.121. The molecule has 2 N–H and O–H groups in total. The minimum Gasteiger partial charge on any atom is -0.495 e. The molecule has 0 bridgehead atoms. The van der Waals surface area contributed by atoms with Gasteiger partial charge in [0.05, 0.1) is 12.8 Å². The van der Waals surface area contributed by atoms with E-state index in [4.69, 9.17) is 4.74 Å². The van der Waals surface area contributed by atoms with Gasteiger partial charge in [0.15, 0.2) is 0 Å². The molecule has 1 aromatic rings. The van der Waals surface area contributed by atoms with Crippen molar-refractivity contribution >= 4 is 36.4 Å². The van der Waals surface area contributed by atoms with Gasteiger partial charge in [0, 0.05) is 26.1 Å². The minimum atomic E-state index is 0. The van der Waals surface area contributed by atoms with E-state index in [0.29, 0.717) is 18.3 Å². The summed E-state index contributed by atoms with van der Waals surface area (Å²) in [7, 11) is 1.71. The Morgan fingerprint density at radius 3 is 2.81 bits per heavy atom. The Balaban J connectivity index is 0.00000169. The first-order valence-corrected chi connectivity index (χ1v) is 9.11. The fraction of sp³-hybridized carbons (Fsp3) is 0.632. The van der Waals surface area contributed by atoms with E-state index in [-0.39, 0.29) is 30.7 Å². The molecule has 2 fully saturated rings. The summed E-state index contributed by atoms with van der Waals surface area (Å²) in [5.74, 6) is 2.33. The third-order valence-electron chi connectivity index (χ3n) is 5.24. The molecule has 0 radical (unpaired) electrons. The molecule has 0 saturated carbocycles. The maximum absolute atomic E-state index is 12.0. The van der Waals surface area contributed by atoms with Crippen molar-refractivity contribution in [2.45, 2.75) is 25.7 Å². The lowest BCUT2D eigenvalue weighted by Crippen LogP contribution is -2.31. The SMILES string of the molecule is COc1ccccc1N1CCC(CNC(=O)CCC2CCNC2)C1.Cl.Cl. The summed E-state index contributed by atoms with van der Waals surface area (Å²) in [5, 5.41) is 6.49. The first-order valence-electron chi connectivity index (χ1n) is 9.11. The van der Waals surface area contributed by atoms with Crippen LogP contribution in [0.2, 0.25) is 0 Å². The Bertz CT molecular complexity index is 553. The highest BCUT2D eigenvalue weighted by Gasteiger charge is 2.25. The van der Waals surface area contributed by atoms with Gasteiger partial charge in [0.25, 0.3) is 0 Å². The maximum Gasteiger partial charge on any atom is 0.220 e. The number of halogens is 2. The second kappa shape index (κ2) is 11.5. The van der Waals surface area contributed by atoms with Crippen LogP contribution in [0.1, 0.15) is 25.7 Å². The zero-order chi connectivity index (χ0) is 16.8. The summed E-state index contributed by atoms with van der Waals surface area (Å²) in [6, 6.07) is 8.15.